The Kier molecular flexibility index (Phi) is 3.90. The third-order valence-electron chi connectivity index (χ3n) is 1.66. The smallest absolute Gasteiger partial charge is 0.0799 e. The first-order valence-corrected chi connectivity index (χ1v) is 4.92. The van der Waals surface area contributed by atoms with E-state index in [1.54, 1.807) is 0 Å². The number of hydrogen-bond acceptors (Lipinski definition) is 1. The number of thiocarbonyl (C=S) groups is 1. The number of rotatable bonds is 3. The van der Waals surface area contributed by atoms with Crippen molar-refractivity contribution >= 4 is 17.2 Å². The molecule has 0 bridgehead atoms. The third kappa shape index (κ3) is 4.04. The summed E-state index contributed by atoms with van der Waals surface area (Å²) in [5, 5.41) is 3.22. The Balaban J connectivity index is 2.46. The molecule has 1 aromatic rings. The highest BCUT2D eigenvalue weighted by molar-refractivity contribution is 7.80. The molecule has 0 atom stereocenters. The SMILES string of the molecule is CC(C)NC(=S)Cc1ccccc1. The fourth-order valence-electron chi connectivity index (χ4n) is 1.15. The number of nitrogens with one attached hydrogen (secondary N) is 1. The summed E-state index contributed by atoms with van der Waals surface area (Å²) < 4.78 is 0. The van der Waals surface area contributed by atoms with E-state index in [0.29, 0.717) is 6.04 Å². The van der Waals surface area contributed by atoms with Crippen molar-refractivity contribution < 1.29 is 0 Å². The first-order valence-electron chi connectivity index (χ1n) is 4.52. The normalized spacial score (nSPS) is 10.1. The second-order valence-electron chi connectivity index (χ2n) is 3.38. The van der Waals surface area contributed by atoms with E-state index < -0.39 is 0 Å². The van der Waals surface area contributed by atoms with Crippen LogP contribution in [0.15, 0.2) is 30.3 Å². The van der Waals surface area contributed by atoms with Gasteiger partial charge in [0, 0.05) is 12.5 Å². The zero-order valence-corrected chi connectivity index (χ0v) is 8.90. The summed E-state index contributed by atoms with van der Waals surface area (Å²) in [7, 11) is 0. The molecule has 0 amide bonds. The summed E-state index contributed by atoms with van der Waals surface area (Å²) in [6.45, 7) is 4.19. The van der Waals surface area contributed by atoms with Crippen LogP contribution in [0.25, 0.3) is 0 Å². The van der Waals surface area contributed by atoms with Gasteiger partial charge in [-0.2, -0.15) is 0 Å². The molecule has 1 aromatic carbocycles. The predicted octanol–water partition coefficient (Wildman–Crippen LogP) is 2.55. The largest absolute Gasteiger partial charge is 0.377 e. The molecule has 1 N–H and O–H groups in total. The topological polar surface area (TPSA) is 12.0 Å². The monoisotopic (exact) mass is 193 g/mol. The van der Waals surface area contributed by atoms with Gasteiger partial charge in [0.15, 0.2) is 0 Å². The maximum Gasteiger partial charge on any atom is 0.0799 e. The summed E-state index contributed by atoms with van der Waals surface area (Å²) >= 11 is 5.20. The molecule has 0 radical (unpaired) electrons. The Morgan fingerprint density at radius 2 is 1.92 bits per heavy atom. The van der Waals surface area contributed by atoms with Crippen LogP contribution in [0, 0.1) is 0 Å². The predicted molar refractivity (Wildman–Crippen MR) is 61.0 cm³/mol. The summed E-state index contributed by atoms with van der Waals surface area (Å²) in [5.74, 6) is 0. The first-order chi connectivity index (χ1) is 6.18. The lowest BCUT2D eigenvalue weighted by Crippen LogP contribution is -2.29. The standard InChI is InChI=1S/C11H15NS/c1-9(2)12-11(13)8-10-6-4-3-5-7-10/h3-7,9H,8H2,1-2H3,(H,12,13). The molecule has 2 heteroatoms. The number of hydrogen-bond donors (Lipinski definition) is 1. The maximum absolute atomic E-state index is 5.20. The van der Waals surface area contributed by atoms with Gasteiger partial charge in [0.25, 0.3) is 0 Å². The van der Waals surface area contributed by atoms with E-state index in [1.165, 1.54) is 5.56 Å². The third-order valence-corrected chi connectivity index (χ3v) is 1.92. The summed E-state index contributed by atoms with van der Waals surface area (Å²) in [6.07, 6.45) is 0.842. The van der Waals surface area contributed by atoms with Gasteiger partial charge in [0.2, 0.25) is 0 Å². The molecule has 0 spiro atoms. The van der Waals surface area contributed by atoms with Crippen molar-refractivity contribution in [3.05, 3.63) is 35.9 Å². The molecule has 0 aromatic heterocycles. The highest BCUT2D eigenvalue weighted by atomic mass is 32.1. The van der Waals surface area contributed by atoms with Crippen LogP contribution in [-0.2, 0) is 6.42 Å². The lowest BCUT2D eigenvalue weighted by molar-refractivity contribution is 0.733. The number of benzene rings is 1. The van der Waals surface area contributed by atoms with Gasteiger partial charge in [-0.1, -0.05) is 42.5 Å². The van der Waals surface area contributed by atoms with Gasteiger partial charge in [-0.3, -0.25) is 0 Å². The fraction of sp³-hybridized carbons (Fsp3) is 0.364. The molecular weight excluding hydrogens is 178 g/mol. The van der Waals surface area contributed by atoms with Crippen molar-refractivity contribution in [3.63, 3.8) is 0 Å². The van der Waals surface area contributed by atoms with Crippen LogP contribution in [0.3, 0.4) is 0 Å². The Morgan fingerprint density at radius 3 is 2.46 bits per heavy atom. The van der Waals surface area contributed by atoms with Gasteiger partial charge in [0.1, 0.15) is 0 Å². The van der Waals surface area contributed by atoms with Crippen molar-refractivity contribution in [2.45, 2.75) is 26.3 Å². The Labute approximate surface area is 85.2 Å². The summed E-state index contributed by atoms with van der Waals surface area (Å²) in [4.78, 5) is 0.918. The van der Waals surface area contributed by atoms with Crippen LogP contribution in [0.5, 0.6) is 0 Å². The summed E-state index contributed by atoms with van der Waals surface area (Å²) in [6, 6.07) is 10.7. The van der Waals surface area contributed by atoms with E-state index in [9.17, 15) is 0 Å². The quantitative estimate of drug-likeness (QED) is 0.740. The molecule has 0 aliphatic carbocycles. The van der Waals surface area contributed by atoms with Crippen LogP contribution in [0.2, 0.25) is 0 Å². The van der Waals surface area contributed by atoms with Crippen molar-refractivity contribution in [2.75, 3.05) is 0 Å². The van der Waals surface area contributed by atoms with Crippen LogP contribution >= 0.6 is 12.2 Å². The second-order valence-corrected chi connectivity index (χ2v) is 3.88. The molecule has 1 nitrogen and oxygen atoms in total. The molecule has 0 unspecified atom stereocenters. The highest BCUT2D eigenvalue weighted by Gasteiger charge is 1.99. The van der Waals surface area contributed by atoms with Crippen LogP contribution in [0.4, 0.5) is 0 Å². The zero-order chi connectivity index (χ0) is 9.68. The zero-order valence-electron chi connectivity index (χ0n) is 8.08. The molecule has 0 saturated heterocycles. The Morgan fingerprint density at radius 1 is 1.31 bits per heavy atom. The molecule has 0 heterocycles. The van der Waals surface area contributed by atoms with Gasteiger partial charge >= 0.3 is 0 Å². The second kappa shape index (κ2) is 4.97. The summed E-state index contributed by atoms with van der Waals surface area (Å²) in [5.41, 5.74) is 1.26. The molecule has 0 fully saturated rings. The maximum atomic E-state index is 5.20. The highest BCUT2D eigenvalue weighted by Crippen LogP contribution is 2.00. The molecule has 0 aliphatic heterocycles. The van der Waals surface area contributed by atoms with E-state index in [4.69, 9.17) is 12.2 Å². The van der Waals surface area contributed by atoms with E-state index in [1.807, 2.05) is 18.2 Å². The van der Waals surface area contributed by atoms with Gasteiger partial charge in [-0.05, 0) is 19.4 Å². The van der Waals surface area contributed by atoms with E-state index in [0.717, 1.165) is 11.4 Å². The van der Waals surface area contributed by atoms with Crippen molar-refractivity contribution in [3.8, 4) is 0 Å². The minimum Gasteiger partial charge on any atom is -0.377 e. The minimum atomic E-state index is 0.427. The van der Waals surface area contributed by atoms with Gasteiger partial charge in [0.05, 0.1) is 4.99 Å². The van der Waals surface area contributed by atoms with E-state index in [2.05, 4.69) is 31.3 Å². The van der Waals surface area contributed by atoms with Crippen molar-refractivity contribution in [1.29, 1.82) is 0 Å². The molecule has 13 heavy (non-hydrogen) atoms. The van der Waals surface area contributed by atoms with Crippen LogP contribution in [-0.4, -0.2) is 11.0 Å². The lowest BCUT2D eigenvalue weighted by Gasteiger charge is -2.10. The molecule has 1 rings (SSSR count). The Hall–Kier alpha value is -0.890. The molecule has 70 valence electrons. The fourth-order valence-corrected chi connectivity index (χ4v) is 1.56. The molecular formula is C11H15NS. The molecule has 0 aliphatic rings. The minimum absolute atomic E-state index is 0.427. The van der Waals surface area contributed by atoms with Gasteiger partial charge in [-0.25, -0.2) is 0 Å². The van der Waals surface area contributed by atoms with Crippen LogP contribution < -0.4 is 5.32 Å². The van der Waals surface area contributed by atoms with Crippen molar-refractivity contribution in [2.24, 2.45) is 0 Å². The Bertz CT molecular complexity index is 267. The van der Waals surface area contributed by atoms with Crippen LogP contribution in [0.1, 0.15) is 19.4 Å². The molecule has 0 saturated carbocycles. The van der Waals surface area contributed by atoms with E-state index >= 15 is 0 Å². The van der Waals surface area contributed by atoms with Gasteiger partial charge in [-0.15, -0.1) is 0 Å². The van der Waals surface area contributed by atoms with Crippen molar-refractivity contribution in [1.82, 2.24) is 5.32 Å². The van der Waals surface area contributed by atoms with Gasteiger partial charge < -0.3 is 5.32 Å². The average molecular weight is 193 g/mol. The lowest BCUT2D eigenvalue weighted by atomic mass is 10.1. The van der Waals surface area contributed by atoms with E-state index in [-0.39, 0.29) is 0 Å². The average Bonchev–Trinajstić information content (AvgIpc) is 2.04. The first kappa shape index (κ1) is 10.2.